The third-order valence-corrected chi connectivity index (χ3v) is 3.28. The summed E-state index contributed by atoms with van der Waals surface area (Å²) in [5.74, 6) is 0. The summed E-state index contributed by atoms with van der Waals surface area (Å²) in [4.78, 5) is 22.1. The number of hydrogen-bond acceptors (Lipinski definition) is 3. The molecule has 0 heterocycles. The molecule has 18 heavy (non-hydrogen) atoms. The van der Waals surface area contributed by atoms with Gasteiger partial charge in [-0.1, -0.05) is 13.8 Å². The summed E-state index contributed by atoms with van der Waals surface area (Å²) in [6, 6.07) is -0.159. The minimum Gasteiger partial charge on any atom is -0.465 e. The molecule has 3 N–H and O–H groups in total. The second-order valence-electron chi connectivity index (χ2n) is 6.07. The summed E-state index contributed by atoms with van der Waals surface area (Å²) >= 11 is 0. The van der Waals surface area contributed by atoms with Crippen LogP contribution in [0.15, 0.2) is 0 Å². The van der Waals surface area contributed by atoms with Gasteiger partial charge in [-0.2, -0.15) is 0 Å². The van der Waals surface area contributed by atoms with Gasteiger partial charge in [0.2, 0.25) is 0 Å². The van der Waals surface area contributed by atoms with Crippen molar-refractivity contribution in [2.24, 2.45) is 5.41 Å². The van der Waals surface area contributed by atoms with Crippen LogP contribution in [0.5, 0.6) is 0 Å². The highest BCUT2D eigenvalue weighted by Gasteiger charge is 2.42. The molecule has 0 aromatic rings. The van der Waals surface area contributed by atoms with Crippen LogP contribution in [-0.2, 0) is 4.74 Å². The van der Waals surface area contributed by atoms with Crippen LogP contribution in [0.4, 0.5) is 9.59 Å². The molecule has 0 radical (unpaired) electrons. The van der Waals surface area contributed by atoms with Crippen LogP contribution in [-0.4, -0.2) is 36.0 Å². The number of amides is 2. The number of carbonyl (C=O) groups excluding carboxylic acids is 1. The Labute approximate surface area is 107 Å². The second-order valence-corrected chi connectivity index (χ2v) is 6.07. The molecule has 0 saturated heterocycles. The zero-order valence-electron chi connectivity index (χ0n) is 11.4. The number of hydrogen-bond donors (Lipinski definition) is 3. The van der Waals surface area contributed by atoms with Crippen molar-refractivity contribution in [3.05, 3.63) is 0 Å². The molecule has 1 aliphatic carbocycles. The second kappa shape index (κ2) is 5.04. The Morgan fingerprint density at radius 2 is 1.89 bits per heavy atom. The Balaban J connectivity index is 2.78. The zero-order chi connectivity index (χ0) is 14.0. The minimum atomic E-state index is -1.03. The molecule has 1 aliphatic rings. The third-order valence-electron chi connectivity index (χ3n) is 3.28. The number of rotatable bonds is 2. The Morgan fingerprint density at radius 3 is 2.39 bits per heavy atom. The van der Waals surface area contributed by atoms with Gasteiger partial charge in [0.05, 0.1) is 7.11 Å². The summed E-state index contributed by atoms with van der Waals surface area (Å²) in [6.45, 7) is 6.06. The van der Waals surface area contributed by atoms with Crippen LogP contribution in [0, 0.1) is 5.41 Å². The highest BCUT2D eigenvalue weighted by molar-refractivity contribution is 5.68. The average molecular weight is 258 g/mol. The molecular formula is C12H22N2O4. The van der Waals surface area contributed by atoms with Crippen molar-refractivity contribution in [2.75, 3.05) is 7.11 Å². The first-order chi connectivity index (χ1) is 8.16. The molecule has 0 aromatic heterocycles. The fourth-order valence-corrected chi connectivity index (χ4v) is 3.15. The lowest BCUT2D eigenvalue weighted by molar-refractivity contribution is 0.0907. The maximum Gasteiger partial charge on any atom is 0.407 e. The third kappa shape index (κ3) is 4.09. The molecule has 6 nitrogen and oxygen atoms in total. The van der Waals surface area contributed by atoms with Gasteiger partial charge in [0.15, 0.2) is 0 Å². The maximum atomic E-state index is 11.4. The molecule has 0 bridgehead atoms. The first-order valence-electron chi connectivity index (χ1n) is 6.01. The van der Waals surface area contributed by atoms with E-state index in [9.17, 15) is 9.59 Å². The van der Waals surface area contributed by atoms with Gasteiger partial charge < -0.3 is 20.5 Å². The summed E-state index contributed by atoms with van der Waals surface area (Å²) in [7, 11) is 1.32. The molecule has 104 valence electrons. The van der Waals surface area contributed by atoms with Crippen LogP contribution < -0.4 is 10.6 Å². The van der Waals surface area contributed by atoms with Crippen molar-refractivity contribution in [2.45, 2.75) is 51.6 Å². The molecular weight excluding hydrogens is 236 g/mol. The Bertz CT molecular complexity index is 343. The topological polar surface area (TPSA) is 87.7 Å². The fraction of sp³-hybridized carbons (Fsp3) is 0.833. The lowest BCUT2D eigenvalue weighted by atomic mass is 9.67. The number of nitrogens with one attached hydrogen (secondary N) is 2. The summed E-state index contributed by atoms with van der Waals surface area (Å²) in [5, 5.41) is 14.1. The molecule has 2 unspecified atom stereocenters. The van der Waals surface area contributed by atoms with E-state index < -0.39 is 17.7 Å². The monoisotopic (exact) mass is 258 g/mol. The van der Waals surface area contributed by atoms with Gasteiger partial charge in [-0.25, -0.2) is 9.59 Å². The minimum absolute atomic E-state index is 0.0405. The quantitative estimate of drug-likeness (QED) is 0.706. The highest BCUT2D eigenvalue weighted by Crippen LogP contribution is 2.41. The normalized spacial score (nSPS) is 30.3. The van der Waals surface area contributed by atoms with Crippen LogP contribution in [0.25, 0.3) is 0 Å². The molecule has 2 atom stereocenters. The molecule has 1 rings (SSSR count). The molecule has 0 aromatic carbocycles. The maximum absolute atomic E-state index is 11.4. The SMILES string of the molecule is COC(=O)NC1(C)CC(NC(=O)O)CC(C)(C)C1. The zero-order valence-corrected chi connectivity index (χ0v) is 11.4. The Hall–Kier alpha value is -1.46. The van der Waals surface area contributed by atoms with Crippen LogP contribution in [0.2, 0.25) is 0 Å². The van der Waals surface area contributed by atoms with Crippen molar-refractivity contribution in [1.82, 2.24) is 10.6 Å². The first kappa shape index (κ1) is 14.6. The van der Waals surface area contributed by atoms with E-state index in [2.05, 4.69) is 29.2 Å². The van der Waals surface area contributed by atoms with Gasteiger partial charge in [-0.3, -0.25) is 0 Å². The fourth-order valence-electron chi connectivity index (χ4n) is 3.15. The predicted octanol–water partition coefficient (Wildman–Crippen LogP) is 1.95. The van der Waals surface area contributed by atoms with Gasteiger partial charge in [-0.05, 0) is 31.6 Å². The van der Waals surface area contributed by atoms with E-state index in [-0.39, 0.29) is 11.5 Å². The Kier molecular flexibility index (Phi) is 4.09. The van der Waals surface area contributed by atoms with E-state index in [4.69, 9.17) is 5.11 Å². The Morgan fingerprint density at radius 1 is 1.28 bits per heavy atom. The smallest absolute Gasteiger partial charge is 0.407 e. The van der Waals surface area contributed by atoms with Crippen molar-refractivity contribution in [3.63, 3.8) is 0 Å². The molecule has 2 amide bonds. The van der Waals surface area contributed by atoms with E-state index in [0.29, 0.717) is 6.42 Å². The van der Waals surface area contributed by atoms with Crippen molar-refractivity contribution in [1.29, 1.82) is 0 Å². The molecule has 0 spiro atoms. The lowest BCUT2D eigenvalue weighted by Gasteiger charge is -2.46. The molecule has 1 fully saturated rings. The van der Waals surface area contributed by atoms with Gasteiger partial charge in [-0.15, -0.1) is 0 Å². The molecule has 1 saturated carbocycles. The highest BCUT2D eigenvalue weighted by atomic mass is 16.5. The number of carbonyl (C=O) groups is 2. The number of methoxy groups -OCH3 is 1. The van der Waals surface area contributed by atoms with Crippen LogP contribution >= 0.6 is 0 Å². The summed E-state index contributed by atoms with van der Waals surface area (Å²) in [5.41, 5.74) is -0.497. The summed E-state index contributed by atoms with van der Waals surface area (Å²) < 4.78 is 4.62. The van der Waals surface area contributed by atoms with E-state index in [1.54, 1.807) is 0 Å². The lowest BCUT2D eigenvalue weighted by Crippen LogP contribution is -2.57. The summed E-state index contributed by atoms with van der Waals surface area (Å²) in [6.07, 6.45) is 0.602. The number of ether oxygens (including phenoxy) is 1. The predicted molar refractivity (Wildman–Crippen MR) is 66.5 cm³/mol. The van der Waals surface area contributed by atoms with E-state index in [1.165, 1.54) is 7.11 Å². The standard InChI is InChI=1S/C12H22N2O4/c1-11(2)5-8(13-9(15)16)6-12(3,7-11)14-10(17)18-4/h8,13H,5-7H2,1-4H3,(H,14,17)(H,15,16). The van der Waals surface area contributed by atoms with E-state index in [1.807, 2.05) is 6.92 Å². The van der Waals surface area contributed by atoms with E-state index in [0.717, 1.165) is 12.8 Å². The van der Waals surface area contributed by atoms with Gasteiger partial charge in [0.1, 0.15) is 0 Å². The van der Waals surface area contributed by atoms with Crippen molar-refractivity contribution in [3.8, 4) is 0 Å². The van der Waals surface area contributed by atoms with Gasteiger partial charge in [0.25, 0.3) is 0 Å². The van der Waals surface area contributed by atoms with E-state index >= 15 is 0 Å². The van der Waals surface area contributed by atoms with Gasteiger partial charge >= 0.3 is 12.2 Å². The molecule has 6 heteroatoms. The van der Waals surface area contributed by atoms with Crippen molar-refractivity contribution < 1.29 is 19.4 Å². The molecule has 0 aliphatic heterocycles. The van der Waals surface area contributed by atoms with Crippen LogP contribution in [0.3, 0.4) is 0 Å². The number of carboxylic acid groups (broad SMARTS) is 1. The largest absolute Gasteiger partial charge is 0.465 e. The number of alkyl carbamates (subject to hydrolysis) is 1. The van der Waals surface area contributed by atoms with Crippen molar-refractivity contribution >= 4 is 12.2 Å². The first-order valence-corrected chi connectivity index (χ1v) is 6.01. The van der Waals surface area contributed by atoms with Crippen LogP contribution in [0.1, 0.15) is 40.0 Å². The average Bonchev–Trinajstić information content (AvgIpc) is 2.11. The van der Waals surface area contributed by atoms with Gasteiger partial charge in [0, 0.05) is 11.6 Å².